The summed E-state index contributed by atoms with van der Waals surface area (Å²) < 4.78 is 37.6. The summed E-state index contributed by atoms with van der Waals surface area (Å²) in [6, 6.07) is 4.41. The van der Waals surface area contributed by atoms with Gasteiger partial charge in [0, 0.05) is 54.9 Å². The van der Waals surface area contributed by atoms with Crippen LogP contribution in [0.25, 0.3) is 0 Å². The van der Waals surface area contributed by atoms with Gasteiger partial charge in [-0.2, -0.15) is 13.2 Å². The van der Waals surface area contributed by atoms with E-state index in [2.05, 4.69) is 29.3 Å². The highest BCUT2D eigenvalue weighted by molar-refractivity contribution is 7.11. The summed E-state index contributed by atoms with van der Waals surface area (Å²) in [6.45, 7) is 5.92. The number of ether oxygens (including phenoxy) is 1. The Morgan fingerprint density at radius 3 is 2.57 bits per heavy atom. The number of carboxylic acids is 1. The lowest BCUT2D eigenvalue weighted by Crippen LogP contribution is -2.52. The van der Waals surface area contributed by atoms with E-state index >= 15 is 0 Å². The summed E-state index contributed by atoms with van der Waals surface area (Å²) >= 11 is 1.87. The highest BCUT2D eigenvalue weighted by Gasteiger charge is 2.41. The predicted octanol–water partition coefficient (Wildman–Crippen LogP) is 2.66. The van der Waals surface area contributed by atoms with Gasteiger partial charge in [-0.1, -0.05) is 0 Å². The van der Waals surface area contributed by atoms with Gasteiger partial charge in [-0.25, -0.2) is 4.79 Å². The van der Waals surface area contributed by atoms with Gasteiger partial charge in [-0.3, -0.25) is 9.69 Å². The number of hydrogen-bond donors (Lipinski definition) is 2. The van der Waals surface area contributed by atoms with Crippen LogP contribution in [0.3, 0.4) is 0 Å². The van der Waals surface area contributed by atoms with Gasteiger partial charge in [0.25, 0.3) is 0 Å². The molecule has 6 nitrogen and oxygen atoms in total. The number of piperidine rings is 1. The Morgan fingerprint density at radius 2 is 2.04 bits per heavy atom. The Hall–Kier alpha value is -1.65. The summed E-state index contributed by atoms with van der Waals surface area (Å²) in [4.78, 5) is 26.3. The fraction of sp³-hybridized carbons (Fsp3) is 0.667. The molecule has 3 rings (SSSR count). The molecule has 0 radical (unpaired) electrons. The number of rotatable bonds is 3. The highest BCUT2D eigenvalue weighted by Crippen LogP contribution is 2.34. The first kappa shape index (κ1) is 22.6. The van der Waals surface area contributed by atoms with Crippen LogP contribution in [0.15, 0.2) is 12.1 Å². The van der Waals surface area contributed by atoms with E-state index < -0.39 is 12.1 Å². The van der Waals surface area contributed by atoms with Crippen LogP contribution in [-0.4, -0.2) is 60.9 Å². The average Bonchev–Trinajstić information content (AvgIpc) is 3.05. The van der Waals surface area contributed by atoms with E-state index in [-0.39, 0.29) is 17.9 Å². The van der Waals surface area contributed by atoms with Gasteiger partial charge in [0.1, 0.15) is 0 Å². The molecule has 0 unspecified atom stereocenters. The number of amides is 1. The minimum atomic E-state index is -5.08. The van der Waals surface area contributed by atoms with Crippen LogP contribution in [0.2, 0.25) is 0 Å². The number of halogens is 3. The average molecular weight is 422 g/mol. The summed E-state index contributed by atoms with van der Waals surface area (Å²) in [6.07, 6.45) is -2.92. The molecular weight excluding hydrogens is 397 g/mol. The first-order valence-electron chi connectivity index (χ1n) is 9.02. The smallest absolute Gasteiger partial charge is 0.475 e. The lowest BCUT2D eigenvalue weighted by molar-refractivity contribution is -0.192. The second-order valence-corrected chi connectivity index (χ2v) is 8.29. The van der Waals surface area contributed by atoms with E-state index in [4.69, 9.17) is 14.6 Å². The van der Waals surface area contributed by atoms with Crippen molar-refractivity contribution in [1.29, 1.82) is 0 Å². The number of hydrogen-bond acceptors (Lipinski definition) is 5. The zero-order valence-corrected chi connectivity index (χ0v) is 16.6. The summed E-state index contributed by atoms with van der Waals surface area (Å²) in [7, 11) is 1.74. The molecule has 0 aromatic carbocycles. The van der Waals surface area contributed by atoms with Gasteiger partial charge >= 0.3 is 12.1 Å². The standard InChI is InChI=1S/C16H24N2O2S.C2HF3O2/c1-11-3-4-12(21-11)9-18-7-5-15-14(10-18)13(6-8-20-15)16(19)17-2;3-2(4,5)1(6)7/h3-4,13-15H,5-10H2,1-2H3,(H,17,19);(H,6,7)/t13-,14+,15-;/m1./s1. The van der Waals surface area contributed by atoms with Crippen molar-refractivity contribution in [2.45, 2.75) is 38.6 Å². The Balaban J connectivity index is 0.000000345. The molecule has 0 saturated carbocycles. The maximum absolute atomic E-state index is 12.1. The molecule has 2 N–H and O–H groups in total. The van der Waals surface area contributed by atoms with Gasteiger partial charge in [0.05, 0.1) is 6.10 Å². The Labute approximate surface area is 165 Å². The second kappa shape index (κ2) is 9.71. The van der Waals surface area contributed by atoms with E-state index in [0.717, 1.165) is 39.1 Å². The van der Waals surface area contributed by atoms with Gasteiger partial charge in [0.2, 0.25) is 5.91 Å². The van der Waals surface area contributed by atoms with Crippen molar-refractivity contribution in [1.82, 2.24) is 10.2 Å². The number of fused-ring (bicyclic) bond motifs is 1. The maximum Gasteiger partial charge on any atom is 0.490 e. The molecule has 1 aromatic rings. The molecular formula is C18H25F3N2O4S. The molecule has 3 heterocycles. The minimum absolute atomic E-state index is 0.113. The van der Waals surface area contributed by atoms with Crippen LogP contribution < -0.4 is 5.32 Å². The maximum atomic E-state index is 12.1. The van der Waals surface area contributed by atoms with E-state index in [1.165, 1.54) is 9.75 Å². The number of aryl methyl sites for hydroxylation is 1. The number of thiophene rings is 1. The van der Waals surface area contributed by atoms with Crippen molar-refractivity contribution in [2.24, 2.45) is 11.8 Å². The highest BCUT2D eigenvalue weighted by atomic mass is 32.1. The molecule has 1 aromatic heterocycles. The van der Waals surface area contributed by atoms with Crippen molar-refractivity contribution in [3.05, 3.63) is 21.9 Å². The number of carboxylic acid groups (broad SMARTS) is 1. The third-order valence-electron chi connectivity index (χ3n) is 4.96. The minimum Gasteiger partial charge on any atom is -0.475 e. The zero-order valence-electron chi connectivity index (χ0n) is 15.8. The molecule has 2 aliphatic heterocycles. The largest absolute Gasteiger partial charge is 0.490 e. The predicted molar refractivity (Wildman–Crippen MR) is 98.0 cm³/mol. The molecule has 0 spiro atoms. The van der Waals surface area contributed by atoms with Crippen molar-refractivity contribution in [2.75, 3.05) is 26.7 Å². The Bertz CT molecular complexity index is 680. The van der Waals surface area contributed by atoms with E-state index in [1.807, 2.05) is 11.3 Å². The number of aliphatic carboxylic acids is 1. The SMILES string of the molecule is CNC(=O)[C@@H]1CCO[C@@H]2CCN(Cc3ccc(C)s3)C[C@H]21.O=C(O)C(F)(F)F. The van der Waals surface area contributed by atoms with Crippen LogP contribution in [-0.2, 0) is 20.9 Å². The summed E-state index contributed by atoms with van der Waals surface area (Å²) in [5.41, 5.74) is 0. The van der Waals surface area contributed by atoms with Gasteiger partial charge < -0.3 is 15.2 Å². The lowest BCUT2D eigenvalue weighted by atomic mass is 9.79. The van der Waals surface area contributed by atoms with E-state index in [9.17, 15) is 18.0 Å². The molecule has 2 saturated heterocycles. The van der Waals surface area contributed by atoms with Crippen LogP contribution in [0.4, 0.5) is 13.2 Å². The first-order valence-corrected chi connectivity index (χ1v) is 9.84. The normalized spacial score (nSPS) is 25.2. The molecule has 2 aliphatic rings. The molecule has 2 fully saturated rings. The van der Waals surface area contributed by atoms with Crippen LogP contribution >= 0.6 is 11.3 Å². The number of carbonyl (C=O) groups is 2. The number of likely N-dealkylation sites (tertiary alicyclic amines) is 1. The van der Waals surface area contributed by atoms with Gasteiger partial charge in [0.15, 0.2) is 0 Å². The van der Waals surface area contributed by atoms with Crippen LogP contribution in [0.1, 0.15) is 22.6 Å². The molecule has 1 amide bonds. The lowest BCUT2D eigenvalue weighted by Gasteiger charge is -2.44. The monoisotopic (exact) mass is 422 g/mol. The van der Waals surface area contributed by atoms with Crippen molar-refractivity contribution in [3.63, 3.8) is 0 Å². The quantitative estimate of drug-likeness (QED) is 0.783. The first-order chi connectivity index (χ1) is 13.1. The summed E-state index contributed by atoms with van der Waals surface area (Å²) in [5, 5.41) is 9.95. The number of nitrogens with one attached hydrogen (secondary N) is 1. The fourth-order valence-electron chi connectivity index (χ4n) is 3.63. The molecule has 28 heavy (non-hydrogen) atoms. The van der Waals surface area contributed by atoms with Crippen molar-refractivity contribution in [3.8, 4) is 0 Å². The number of alkyl halides is 3. The molecule has 158 valence electrons. The summed E-state index contributed by atoms with van der Waals surface area (Å²) in [5.74, 6) is -2.12. The zero-order chi connectivity index (χ0) is 20.9. The third-order valence-corrected chi connectivity index (χ3v) is 5.94. The van der Waals surface area contributed by atoms with Crippen LogP contribution in [0.5, 0.6) is 0 Å². The van der Waals surface area contributed by atoms with Gasteiger partial charge in [-0.15, -0.1) is 11.3 Å². The van der Waals surface area contributed by atoms with E-state index in [1.54, 1.807) is 7.05 Å². The van der Waals surface area contributed by atoms with Crippen molar-refractivity contribution < 1.29 is 32.6 Å². The third kappa shape index (κ3) is 6.18. The topological polar surface area (TPSA) is 78.9 Å². The van der Waals surface area contributed by atoms with Crippen LogP contribution in [0, 0.1) is 18.8 Å². The van der Waals surface area contributed by atoms with E-state index in [0.29, 0.717) is 5.92 Å². The fourth-order valence-corrected chi connectivity index (χ4v) is 4.56. The second-order valence-electron chi connectivity index (χ2n) is 6.92. The number of carbonyl (C=O) groups excluding carboxylic acids is 1. The Morgan fingerprint density at radius 1 is 1.36 bits per heavy atom. The molecule has 0 bridgehead atoms. The molecule has 10 heteroatoms. The van der Waals surface area contributed by atoms with Gasteiger partial charge in [-0.05, 0) is 31.9 Å². The molecule has 3 atom stereocenters. The van der Waals surface area contributed by atoms with Crippen molar-refractivity contribution >= 4 is 23.2 Å². The molecule has 0 aliphatic carbocycles. The Kier molecular flexibility index (Phi) is 7.85. The number of nitrogens with zero attached hydrogens (tertiary/aromatic N) is 1.